The largest absolute Gasteiger partial charge is 0.506 e. The molecular weight excluding hydrogens is 438 g/mol. The van der Waals surface area contributed by atoms with Crippen molar-refractivity contribution in [1.82, 2.24) is 0 Å². The molecule has 6 heteroatoms. The monoisotopic (exact) mass is 467 g/mol. The average molecular weight is 468 g/mol. The molecule has 1 aromatic heterocycles. The molecule has 0 unspecified atom stereocenters. The number of phenolic OH excluding ortho intramolecular Hbond substituents is 1. The molecule has 0 bridgehead atoms. The van der Waals surface area contributed by atoms with Gasteiger partial charge in [-0.15, -0.1) is 0 Å². The zero-order valence-corrected chi connectivity index (χ0v) is 20.3. The number of hydrogen-bond acceptors (Lipinski definition) is 5. The average Bonchev–Trinajstić information content (AvgIpc) is 2.77. The van der Waals surface area contributed by atoms with Gasteiger partial charge in [0.15, 0.2) is 11.4 Å². The maximum absolute atomic E-state index is 12.7. The summed E-state index contributed by atoms with van der Waals surface area (Å²) < 4.78 is 5.61. The van der Waals surface area contributed by atoms with Crippen molar-refractivity contribution in [2.45, 2.75) is 47.0 Å². The molecule has 0 aliphatic carbocycles. The van der Waals surface area contributed by atoms with E-state index in [0.29, 0.717) is 33.8 Å². The summed E-state index contributed by atoms with van der Waals surface area (Å²) >= 11 is 6.17. The first kappa shape index (κ1) is 24.6. The molecule has 1 N–H and O–H groups in total. The van der Waals surface area contributed by atoms with Crippen molar-refractivity contribution in [3.8, 4) is 5.75 Å². The first-order chi connectivity index (χ1) is 15.8. The van der Waals surface area contributed by atoms with Gasteiger partial charge in [-0.25, -0.2) is 4.79 Å². The number of aryl methyl sites for hydroxylation is 1. The van der Waals surface area contributed by atoms with E-state index in [1.165, 1.54) is 13.0 Å². The van der Waals surface area contributed by atoms with Gasteiger partial charge in [0.1, 0.15) is 11.4 Å². The molecule has 0 saturated carbocycles. The molecule has 0 aliphatic heterocycles. The number of benzene rings is 2. The molecule has 33 heavy (non-hydrogen) atoms. The Labute approximate surface area is 199 Å². The Morgan fingerprint density at radius 3 is 2.58 bits per heavy atom. The lowest BCUT2D eigenvalue weighted by atomic mass is 9.95. The van der Waals surface area contributed by atoms with Crippen LogP contribution in [0.15, 0.2) is 45.6 Å². The van der Waals surface area contributed by atoms with E-state index in [1.54, 1.807) is 30.3 Å². The molecule has 3 aromatic rings. The number of hydrogen-bond donors (Lipinski definition) is 1. The number of nitrogens with zero attached hydrogens (tertiary/aromatic N) is 1. The number of Topliss-reactive ketones (excluding diaryl/α,β-unsaturated/α-hetero) is 1. The number of ketones is 1. The van der Waals surface area contributed by atoms with Crippen LogP contribution in [0.2, 0.25) is 5.02 Å². The Bertz CT molecular complexity index is 1260. The van der Waals surface area contributed by atoms with E-state index in [2.05, 4.69) is 6.92 Å². The third-order valence-electron chi connectivity index (χ3n) is 5.81. The molecule has 0 radical (unpaired) electrons. The number of allylic oxidation sites excluding steroid dienone is 1. The number of fused-ring (bicyclic) bond motifs is 1. The minimum Gasteiger partial charge on any atom is -0.506 e. The fourth-order valence-electron chi connectivity index (χ4n) is 4.00. The van der Waals surface area contributed by atoms with Crippen LogP contribution in [-0.2, 0) is 4.79 Å². The molecule has 3 rings (SSSR count). The lowest BCUT2D eigenvalue weighted by Gasteiger charge is -2.25. The quantitative estimate of drug-likeness (QED) is 0.218. The van der Waals surface area contributed by atoms with E-state index in [1.807, 2.05) is 24.8 Å². The lowest BCUT2D eigenvalue weighted by molar-refractivity contribution is -0.111. The first-order valence-corrected chi connectivity index (χ1v) is 11.7. The number of halogens is 1. The normalized spacial score (nSPS) is 11.7. The Kier molecular flexibility index (Phi) is 7.98. The summed E-state index contributed by atoms with van der Waals surface area (Å²) in [5, 5.41) is 11.9. The van der Waals surface area contributed by atoms with Crippen LogP contribution in [0, 0.1) is 6.92 Å². The summed E-state index contributed by atoms with van der Waals surface area (Å²) in [5.74, 6) is -0.147. The Morgan fingerprint density at radius 1 is 1.15 bits per heavy atom. The summed E-state index contributed by atoms with van der Waals surface area (Å²) in [7, 11) is 0. The fourth-order valence-corrected chi connectivity index (χ4v) is 4.18. The van der Waals surface area contributed by atoms with Crippen LogP contribution in [0.1, 0.15) is 56.7 Å². The summed E-state index contributed by atoms with van der Waals surface area (Å²) in [6.45, 7) is 8.90. The number of phenols is 1. The van der Waals surface area contributed by atoms with Crippen molar-refractivity contribution in [2.24, 2.45) is 0 Å². The second kappa shape index (κ2) is 10.7. The molecule has 0 aliphatic rings. The molecule has 1 heterocycles. The van der Waals surface area contributed by atoms with Gasteiger partial charge in [0.05, 0.1) is 0 Å². The van der Waals surface area contributed by atoms with Gasteiger partial charge in [-0.1, -0.05) is 37.4 Å². The molecule has 2 aromatic carbocycles. The van der Waals surface area contributed by atoms with Gasteiger partial charge in [-0.05, 0) is 68.7 Å². The second-order valence-electron chi connectivity index (χ2n) is 8.19. The number of anilines is 1. The zero-order chi connectivity index (χ0) is 24.1. The highest BCUT2D eigenvalue weighted by molar-refractivity contribution is 6.31. The van der Waals surface area contributed by atoms with E-state index in [0.717, 1.165) is 36.9 Å². The zero-order valence-electron chi connectivity index (χ0n) is 19.6. The molecule has 0 saturated heterocycles. The van der Waals surface area contributed by atoms with E-state index in [4.69, 9.17) is 16.0 Å². The molecule has 0 fully saturated rings. The SMILES string of the molecule is CCCCCN(CC)c1c(O)ccc2c(/C(=C/c3cc(Cl)ccc3C)C(C)=O)cc(=O)oc12. The maximum Gasteiger partial charge on any atom is 0.336 e. The predicted octanol–water partition coefficient (Wildman–Crippen LogP) is 6.61. The van der Waals surface area contributed by atoms with Crippen molar-refractivity contribution >= 4 is 45.7 Å². The van der Waals surface area contributed by atoms with Crippen LogP contribution in [-0.4, -0.2) is 24.0 Å². The smallest absolute Gasteiger partial charge is 0.336 e. The predicted molar refractivity (Wildman–Crippen MR) is 136 cm³/mol. The molecular formula is C27H30ClNO4. The minimum absolute atomic E-state index is 0.0418. The van der Waals surface area contributed by atoms with Gasteiger partial charge in [-0.3, -0.25) is 4.79 Å². The highest BCUT2D eigenvalue weighted by atomic mass is 35.5. The maximum atomic E-state index is 12.7. The molecule has 174 valence electrons. The van der Waals surface area contributed by atoms with Crippen molar-refractivity contribution < 1.29 is 14.3 Å². The topological polar surface area (TPSA) is 70.8 Å². The van der Waals surface area contributed by atoms with E-state index < -0.39 is 5.63 Å². The van der Waals surface area contributed by atoms with Crippen LogP contribution >= 0.6 is 11.6 Å². The molecule has 5 nitrogen and oxygen atoms in total. The summed E-state index contributed by atoms with van der Waals surface area (Å²) in [6, 6.07) is 10.1. The third kappa shape index (κ3) is 5.48. The van der Waals surface area contributed by atoms with Crippen LogP contribution in [0.3, 0.4) is 0 Å². The number of carbonyl (C=O) groups is 1. The third-order valence-corrected chi connectivity index (χ3v) is 6.04. The van der Waals surface area contributed by atoms with Crippen LogP contribution in [0.4, 0.5) is 5.69 Å². The van der Waals surface area contributed by atoms with Gasteiger partial charge >= 0.3 is 5.63 Å². The van der Waals surface area contributed by atoms with Gasteiger partial charge in [-0.2, -0.15) is 0 Å². The van der Waals surface area contributed by atoms with E-state index in [9.17, 15) is 14.7 Å². The standard InChI is InChI=1S/C27H30ClNO4/c1-5-7-8-13-29(6-2)26-24(31)12-11-21-23(16-25(32)33-27(21)26)22(18(4)30)15-19-14-20(28)10-9-17(19)3/h9-12,14-16,31H,5-8,13H2,1-4H3/b22-15+. The van der Waals surface area contributed by atoms with Gasteiger partial charge < -0.3 is 14.4 Å². The van der Waals surface area contributed by atoms with E-state index in [-0.39, 0.29) is 17.1 Å². The summed E-state index contributed by atoms with van der Waals surface area (Å²) in [4.78, 5) is 27.3. The Balaban J connectivity index is 2.27. The lowest BCUT2D eigenvalue weighted by Crippen LogP contribution is -2.24. The van der Waals surface area contributed by atoms with Crippen molar-refractivity contribution in [3.63, 3.8) is 0 Å². The summed E-state index contributed by atoms with van der Waals surface area (Å²) in [5.41, 5.74) is 2.78. The molecule has 0 atom stereocenters. The fraction of sp³-hybridized carbons (Fsp3) is 0.333. The van der Waals surface area contributed by atoms with Gasteiger partial charge in [0.2, 0.25) is 0 Å². The number of aromatic hydroxyl groups is 1. The number of rotatable bonds is 9. The summed E-state index contributed by atoms with van der Waals surface area (Å²) in [6.07, 6.45) is 4.85. The molecule has 0 amide bonds. The number of unbranched alkanes of at least 4 members (excludes halogenated alkanes) is 2. The van der Waals surface area contributed by atoms with Gasteiger partial charge in [0, 0.05) is 40.7 Å². The van der Waals surface area contributed by atoms with Crippen molar-refractivity contribution in [3.05, 3.63) is 68.5 Å². The Morgan fingerprint density at radius 2 is 1.91 bits per heavy atom. The van der Waals surface area contributed by atoms with Crippen LogP contribution in [0.25, 0.3) is 22.6 Å². The van der Waals surface area contributed by atoms with Crippen LogP contribution < -0.4 is 10.5 Å². The van der Waals surface area contributed by atoms with Crippen molar-refractivity contribution in [2.75, 3.05) is 18.0 Å². The van der Waals surface area contributed by atoms with E-state index >= 15 is 0 Å². The van der Waals surface area contributed by atoms with Crippen molar-refractivity contribution in [1.29, 1.82) is 0 Å². The Hall–Kier alpha value is -3.05. The van der Waals surface area contributed by atoms with Gasteiger partial charge in [0.25, 0.3) is 0 Å². The highest BCUT2D eigenvalue weighted by Gasteiger charge is 2.21. The number of carbonyl (C=O) groups excluding carboxylic acids is 1. The second-order valence-corrected chi connectivity index (χ2v) is 8.63. The first-order valence-electron chi connectivity index (χ1n) is 11.3. The molecule has 0 spiro atoms. The highest BCUT2D eigenvalue weighted by Crippen LogP contribution is 2.38. The minimum atomic E-state index is -0.580. The van der Waals surface area contributed by atoms with Crippen LogP contribution in [0.5, 0.6) is 5.75 Å².